The number of methoxy groups -OCH3 is 1. The maximum atomic E-state index is 13.8. The van der Waals surface area contributed by atoms with Gasteiger partial charge in [0.25, 0.3) is 0 Å². The van der Waals surface area contributed by atoms with E-state index < -0.39 is 28.5 Å². The van der Waals surface area contributed by atoms with Crippen molar-refractivity contribution in [2.24, 2.45) is 0 Å². The van der Waals surface area contributed by atoms with Crippen molar-refractivity contribution in [1.82, 2.24) is 10.2 Å². The molecule has 0 bridgehead atoms. The van der Waals surface area contributed by atoms with Crippen LogP contribution >= 0.6 is 0 Å². The van der Waals surface area contributed by atoms with Gasteiger partial charge in [0.15, 0.2) is 0 Å². The summed E-state index contributed by atoms with van der Waals surface area (Å²) in [6.45, 7) is 5.23. The molecule has 0 spiro atoms. The molecule has 1 aliphatic rings. The quantitative estimate of drug-likeness (QED) is 0.503. The molecule has 0 aliphatic heterocycles. The van der Waals surface area contributed by atoms with Gasteiger partial charge in [-0.2, -0.15) is 0 Å². The first kappa shape index (κ1) is 28.5. The monoisotopic (exact) mass is 529 g/mol. The fraction of sp³-hybridized carbons (Fsp3) is 0.500. The molecule has 9 heteroatoms. The number of rotatable bonds is 10. The smallest absolute Gasteiger partial charge is 0.244 e. The Bertz CT molecular complexity index is 1210. The molecule has 0 heterocycles. The topological polar surface area (TPSA) is 96.0 Å². The maximum Gasteiger partial charge on any atom is 0.244 e. The first-order chi connectivity index (χ1) is 17.5. The predicted octanol–water partition coefficient (Wildman–Crippen LogP) is 3.94. The molecule has 37 heavy (non-hydrogen) atoms. The minimum absolute atomic E-state index is 0.100. The Labute approximate surface area is 221 Å². The van der Waals surface area contributed by atoms with Gasteiger partial charge >= 0.3 is 0 Å². The summed E-state index contributed by atoms with van der Waals surface area (Å²) in [7, 11) is -2.38. The molecule has 8 nitrogen and oxygen atoms in total. The average Bonchev–Trinajstić information content (AvgIpc) is 2.86. The molecule has 1 aliphatic carbocycles. The third-order valence-electron chi connectivity index (χ3n) is 7.00. The van der Waals surface area contributed by atoms with E-state index in [1.165, 1.54) is 18.4 Å². The minimum Gasteiger partial charge on any atom is -0.495 e. The molecule has 1 saturated carbocycles. The number of sulfonamides is 1. The van der Waals surface area contributed by atoms with Crippen LogP contribution in [-0.4, -0.2) is 57.1 Å². The van der Waals surface area contributed by atoms with E-state index in [-0.39, 0.29) is 24.2 Å². The summed E-state index contributed by atoms with van der Waals surface area (Å²) in [5.74, 6) is -0.353. The van der Waals surface area contributed by atoms with Crippen LogP contribution in [0, 0.1) is 13.8 Å². The van der Waals surface area contributed by atoms with Gasteiger partial charge in [-0.3, -0.25) is 13.9 Å². The molecule has 1 atom stereocenters. The van der Waals surface area contributed by atoms with Crippen molar-refractivity contribution in [1.29, 1.82) is 0 Å². The number of aryl methyl sites for hydroxylation is 2. The van der Waals surface area contributed by atoms with Crippen LogP contribution in [0.15, 0.2) is 42.5 Å². The van der Waals surface area contributed by atoms with E-state index in [1.54, 1.807) is 19.1 Å². The van der Waals surface area contributed by atoms with Crippen molar-refractivity contribution >= 4 is 27.5 Å². The zero-order valence-corrected chi connectivity index (χ0v) is 23.3. The zero-order chi connectivity index (χ0) is 27.2. The molecule has 2 aromatic carbocycles. The number of carbonyl (C=O) groups is 2. The van der Waals surface area contributed by atoms with E-state index >= 15 is 0 Å². The average molecular weight is 530 g/mol. The molecular weight excluding hydrogens is 490 g/mol. The summed E-state index contributed by atoms with van der Waals surface area (Å²) in [5, 5.41) is 3.11. The van der Waals surface area contributed by atoms with Crippen LogP contribution in [0.2, 0.25) is 0 Å². The van der Waals surface area contributed by atoms with Gasteiger partial charge in [0.05, 0.1) is 19.1 Å². The van der Waals surface area contributed by atoms with Gasteiger partial charge in [-0.05, 0) is 62.4 Å². The summed E-state index contributed by atoms with van der Waals surface area (Å²) < 4.78 is 32.2. The van der Waals surface area contributed by atoms with Crippen molar-refractivity contribution in [3.63, 3.8) is 0 Å². The third kappa shape index (κ3) is 7.47. The number of carbonyl (C=O) groups excluding carboxylic acids is 2. The second-order valence-electron chi connectivity index (χ2n) is 9.91. The number of anilines is 1. The Hall–Kier alpha value is -3.07. The summed E-state index contributed by atoms with van der Waals surface area (Å²) >= 11 is 0. The maximum absolute atomic E-state index is 13.8. The second-order valence-corrected chi connectivity index (χ2v) is 11.8. The molecule has 0 aromatic heterocycles. The van der Waals surface area contributed by atoms with Crippen LogP contribution in [0.4, 0.5) is 5.69 Å². The Morgan fingerprint density at radius 1 is 1.08 bits per heavy atom. The van der Waals surface area contributed by atoms with Crippen LogP contribution < -0.4 is 14.4 Å². The van der Waals surface area contributed by atoms with Crippen molar-refractivity contribution in [3.05, 3.63) is 59.2 Å². The van der Waals surface area contributed by atoms with Gasteiger partial charge in [0.2, 0.25) is 21.8 Å². The van der Waals surface area contributed by atoms with Crippen LogP contribution in [0.3, 0.4) is 0 Å². The first-order valence-electron chi connectivity index (χ1n) is 12.8. The highest BCUT2D eigenvalue weighted by Gasteiger charge is 2.32. The van der Waals surface area contributed by atoms with E-state index in [4.69, 9.17) is 4.74 Å². The number of hydrogen-bond acceptors (Lipinski definition) is 5. The lowest BCUT2D eigenvalue weighted by atomic mass is 9.95. The Morgan fingerprint density at radius 2 is 1.76 bits per heavy atom. The standard InChI is InChI=1S/C28H39N3O5S/c1-20-15-16-26(36-4)25(17-20)31(37(5,34)35)19-27(32)30(18-23-12-10-9-11-21(23)2)22(3)28(33)29-24-13-7-6-8-14-24/h9-12,15-17,22,24H,6-8,13-14,18-19H2,1-5H3,(H,29,33). The highest BCUT2D eigenvalue weighted by atomic mass is 32.2. The van der Waals surface area contributed by atoms with Crippen LogP contribution in [0.5, 0.6) is 5.75 Å². The van der Waals surface area contributed by atoms with Crippen LogP contribution in [-0.2, 0) is 26.2 Å². The summed E-state index contributed by atoms with van der Waals surface area (Å²) in [6, 6.07) is 12.2. The lowest BCUT2D eigenvalue weighted by molar-refractivity contribution is -0.139. The number of ether oxygens (including phenoxy) is 1. The highest BCUT2D eigenvalue weighted by Crippen LogP contribution is 2.31. The largest absolute Gasteiger partial charge is 0.495 e. The van der Waals surface area contributed by atoms with E-state index in [1.807, 2.05) is 44.2 Å². The van der Waals surface area contributed by atoms with E-state index in [0.717, 1.165) is 52.9 Å². The SMILES string of the molecule is COc1ccc(C)cc1N(CC(=O)N(Cc1ccccc1C)C(C)C(=O)NC1CCCCC1)S(C)(=O)=O. The number of benzene rings is 2. The predicted molar refractivity (Wildman–Crippen MR) is 146 cm³/mol. The Morgan fingerprint density at radius 3 is 2.38 bits per heavy atom. The van der Waals surface area contributed by atoms with Crippen LogP contribution in [0.1, 0.15) is 55.7 Å². The fourth-order valence-electron chi connectivity index (χ4n) is 4.71. The summed E-state index contributed by atoms with van der Waals surface area (Å²) in [5.41, 5.74) is 3.00. The first-order valence-corrected chi connectivity index (χ1v) is 14.6. The Balaban J connectivity index is 1.93. The van der Waals surface area contributed by atoms with Gasteiger partial charge < -0.3 is 15.0 Å². The summed E-state index contributed by atoms with van der Waals surface area (Å²) in [4.78, 5) is 28.6. The van der Waals surface area contributed by atoms with Gasteiger partial charge in [-0.15, -0.1) is 0 Å². The van der Waals surface area contributed by atoms with Crippen molar-refractivity contribution in [3.8, 4) is 5.75 Å². The molecule has 0 saturated heterocycles. The minimum atomic E-state index is -3.84. The highest BCUT2D eigenvalue weighted by molar-refractivity contribution is 7.92. The number of hydrogen-bond donors (Lipinski definition) is 1. The van der Waals surface area contributed by atoms with Gasteiger partial charge in [0.1, 0.15) is 18.3 Å². The lowest BCUT2D eigenvalue weighted by Gasteiger charge is -2.33. The molecule has 2 aromatic rings. The molecule has 2 amide bonds. The second kappa shape index (κ2) is 12.4. The molecule has 1 unspecified atom stereocenters. The molecule has 3 rings (SSSR count). The van der Waals surface area contributed by atoms with E-state index in [0.29, 0.717) is 5.75 Å². The number of nitrogens with one attached hydrogen (secondary N) is 1. The lowest BCUT2D eigenvalue weighted by Crippen LogP contribution is -2.53. The van der Waals surface area contributed by atoms with Crippen molar-refractivity contribution in [2.45, 2.75) is 71.5 Å². The van der Waals surface area contributed by atoms with Gasteiger partial charge in [-0.25, -0.2) is 8.42 Å². The number of nitrogens with zero attached hydrogens (tertiary/aromatic N) is 2. The van der Waals surface area contributed by atoms with Gasteiger partial charge in [-0.1, -0.05) is 49.6 Å². The van der Waals surface area contributed by atoms with Crippen molar-refractivity contribution in [2.75, 3.05) is 24.2 Å². The Kier molecular flexibility index (Phi) is 9.59. The molecule has 0 radical (unpaired) electrons. The van der Waals surface area contributed by atoms with E-state index in [9.17, 15) is 18.0 Å². The zero-order valence-electron chi connectivity index (χ0n) is 22.5. The van der Waals surface area contributed by atoms with E-state index in [2.05, 4.69) is 5.32 Å². The van der Waals surface area contributed by atoms with Gasteiger partial charge in [0, 0.05) is 12.6 Å². The summed E-state index contributed by atoms with van der Waals surface area (Å²) in [6.07, 6.45) is 6.24. The molecular formula is C28H39N3O5S. The fourth-order valence-corrected chi connectivity index (χ4v) is 5.56. The van der Waals surface area contributed by atoms with Crippen molar-refractivity contribution < 1.29 is 22.7 Å². The molecule has 1 N–H and O–H groups in total. The molecule has 1 fully saturated rings. The molecule has 202 valence electrons. The van der Waals surface area contributed by atoms with Crippen LogP contribution in [0.25, 0.3) is 0 Å². The normalized spacial score (nSPS) is 15.1. The number of amides is 2. The third-order valence-corrected chi connectivity index (χ3v) is 8.13.